The predicted octanol–water partition coefficient (Wildman–Crippen LogP) is 2.18. The number of carbonyl (C=O) groups excluding carboxylic acids is 1. The maximum absolute atomic E-state index is 12.3. The van der Waals surface area contributed by atoms with E-state index >= 15 is 0 Å². The molecule has 1 amide bonds. The second-order valence-corrected chi connectivity index (χ2v) is 6.53. The van der Waals surface area contributed by atoms with Crippen molar-refractivity contribution >= 4 is 11.6 Å². The molecular formula is C17H26N2O3. The Balaban J connectivity index is 2.03. The largest absolute Gasteiger partial charge is 0.495 e. The average molecular weight is 306 g/mol. The first kappa shape index (κ1) is 16.8. The molecule has 0 radical (unpaired) electrons. The molecule has 0 aliphatic carbocycles. The molecule has 122 valence electrons. The number of nitrogens with zero attached hydrogens (tertiary/aromatic N) is 1. The van der Waals surface area contributed by atoms with E-state index in [4.69, 9.17) is 4.74 Å². The van der Waals surface area contributed by atoms with Crippen LogP contribution < -0.4 is 10.1 Å². The molecule has 1 aromatic rings. The van der Waals surface area contributed by atoms with E-state index in [9.17, 15) is 9.90 Å². The first-order chi connectivity index (χ1) is 10.3. The van der Waals surface area contributed by atoms with Crippen LogP contribution in [0.4, 0.5) is 5.69 Å². The second kappa shape index (κ2) is 6.67. The molecule has 1 unspecified atom stereocenters. The van der Waals surface area contributed by atoms with E-state index in [2.05, 4.69) is 10.2 Å². The Hall–Kier alpha value is -1.59. The summed E-state index contributed by atoms with van der Waals surface area (Å²) in [6.45, 7) is 6.70. The molecular weight excluding hydrogens is 280 g/mol. The van der Waals surface area contributed by atoms with Gasteiger partial charge in [-0.1, -0.05) is 6.07 Å². The second-order valence-electron chi connectivity index (χ2n) is 6.53. The lowest BCUT2D eigenvalue weighted by Crippen LogP contribution is -2.48. The van der Waals surface area contributed by atoms with Gasteiger partial charge in [0.25, 0.3) is 0 Å². The number of aryl methyl sites for hydroxylation is 1. The van der Waals surface area contributed by atoms with Gasteiger partial charge in [0, 0.05) is 6.04 Å². The number of anilines is 1. The molecule has 1 aliphatic heterocycles. The van der Waals surface area contributed by atoms with Crippen molar-refractivity contribution in [3.05, 3.63) is 23.8 Å². The van der Waals surface area contributed by atoms with E-state index in [0.717, 1.165) is 24.9 Å². The Labute approximate surface area is 132 Å². The van der Waals surface area contributed by atoms with E-state index in [1.54, 1.807) is 21.0 Å². The number of likely N-dealkylation sites (tertiary alicyclic amines) is 1. The van der Waals surface area contributed by atoms with Crippen molar-refractivity contribution in [2.75, 3.05) is 25.5 Å². The Morgan fingerprint density at radius 2 is 2.23 bits per heavy atom. The van der Waals surface area contributed by atoms with Crippen LogP contribution in [0.25, 0.3) is 0 Å². The number of rotatable bonds is 5. The molecule has 5 heteroatoms. The van der Waals surface area contributed by atoms with Crippen LogP contribution in [0, 0.1) is 6.92 Å². The lowest BCUT2D eigenvalue weighted by Gasteiger charge is -2.33. The van der Waals surface area contributed by atoms with Crippen LogP contribution in [0.15, 0.2) is 18.2 Å². The Kier molecular flexibility index (Phi) is 5.08. The number of carbonyl (C=O) groups is 1. The van der Waals surface area contributed by atoms with Gasteiger partial charge < -0.3 is 15.2 Å². The van der Waals surface area contributed by atoms with E-state index in [-0.39, 0.29) is 18.5 Å². The summed E-state index contributed by atoms with van der Waals surface area (Å²) in [6.07, 6.45) is 1.93. The fourth-order valence-corrected chi connectivity index (χ4v) is 3.11. The highest BCUT2D eigenvalue weighted by Gasteiger charge is 2.36. The van der Waals surface area contributed by atoms with Gasteiger partial charge in [0.15, 0.2) is 0 Å². The molecule has 22 heavy (non-hydrogen) atoms. The summed E-state index contributed by atoms with van der Waals surface area (Å²) >= 11 is 0. The van der Waals surface area contributed by atoms with Crippen molar-refractivity contribution in [1.29, 1.82) is 0 Å². The fraction of sp³-hybridized carbons (Fsp3) is 0.588. The first-order valence-electron chi connectivity index (χ1n) is 7.72. The zero-order valence-electron chi connectivity index (χ0n) is 13.8. The van der Waals surface area contributed by atoms with Gasteiger partial charge in [-0.2, -0.15) is 0 Å². The third-order valence-electron chi connectivity index (χ3n) is 4.15. The molecule has 1 fully saturated rings. The number of hydrogen-bond donors (Lipinski definition) is 2. The minimum absolute atomic E-state index is 0.0256. The first-order valence-corrected chi connectivity index (χ1v) is 7.72. The quantitative estimate of drug-likeness (QED) is 0.875. The third kappa shape index (κ3) is 3.99. The van der Waals surface area contributed by atoms with Gasteiger partial charge in [-0.15, -0.1) is 0 Å². The molecule has 0 aromatic heterocycles. The Morgan fingerprint density at radius 3 is 2.86 bits per heavy atom. The SMILES string of the molecule is COc1ccc(C)cc1NC(=O)CN1CCCC1C(C)(C)O. The van der Waals surface area contributed by atoms with Crippen molar-refractivity contribution < 1.29 is 14.6 Å². The average Bonchev–Trinajstić information content (AvgIpc) is 2.87. The number of nitrogens with one attached hydrogen (secondary N) is 1. The van der Waals surface area contributed by atoms with Crippen LogP contribution in [0.3, 0.4) is 0 Å². The fourth-order valence-electron chi connectivity index (χ4n) is 3.11. The normalized spacial score (nSPS) is 19.2. The monoisotopic (exact) mass is 306 g/mol. The zero-order valence-corrected chi connectivity index (χ0v) is 13.8. The molecule has 5 nitrogen and oxygen atoms in total. The molecule has 1 aromatic carbocycles. The van der Waals surface area contributed by atoms with Gasteiger partial charge in [-0.3, -0.25) is 9.69 Å². The number of amides is 1. The summed E-state index contributed by atoms with van der Waals surface area (Å²) in [5.74, 6) is 0.569. The van der Waals surface area contributed by atoms with Gasteiger partial charge in [-0.25, -0.2) is 0 Å². The highest BCUT2D eigenvalue weighted by Crippen LogP contribution is 2.28. The smallest absolute Gasteiger partial charge is 0.238 e. The Bertz CT molecular complexity index is 537. The number of hydrogen-bond acceptors (Lipinski definition) is 4. The lowest BCUT2D eigenvalue weighted by molar-refractivity contribution is -0.118. The van der Waals surface area contributed by atoms with Gasteiger partial charge >= 0.3 is 0 Å². The number of ether oxygens (including phenoxy) is 1. The molecule has 1 saturated heterocycles. The molecule has 0 saturated carbocycles. The van der Waals surface area contributed by atoms with Crippen molar-refractivity contribution in [3.63, 3.8) is 0 Å². The van der Waals surface area contributed by atoms with Gasteiger partial charge in [0.05, 0.1) is 24.9 Å². The number of methoxy groups -OCH3 is 1. The van der Waals surface area contributed by atoms with Crippen LogP contribution in [-0.2, 0) is 4.79 Å². The van der Waals surface area contributed by atoms with Crippen molar-refractivity contribution in [2.24, 2.45) is 0 Å². The van der Waals surface area contributed by atoms with Crippen LogP contribution in [0.2, 0.25) is 0 Å². The van der Waals surface area contributed by atoms with E-state index in [1.165, 1.54) is 0 Å². The van der Waals surface area contributed by atoms with E-state index in [0.29, 0.717) is 11.4 Å². The van der Waals surface area contributed by atoms with Gasteiger partial charge in [0.1, 0.15) is 5.75 Å². The topological polar surface area (TPSA) is 61.8 Å². The highest BCUT2D eigenvalue weighted by molar-refractivity contribution is 5.93. The minimum Gasteiger partial charge on any atom is -0.495 e. The zero-order chi connectivity index (χ0) is 16.3. The Morgan fingerprint density at radius 1 is 1.50 bits per heavy atom. The van der Waals surface area contributed by atoms with Crippen LogP contribution in [0.1, 0.15) is 32.3 Å². The molecule has 1 aliphatic rings. The maximum Gasteiger partial charge on any atom is 0.238 e. The standard InChI is InChI=1S/C17H26N2O3/c1-12-7-8-14(22-4)13(10-12)18-16(20)11-19-9-5-6-15(19)17(2,3)21/h7-8,10,15,21H,5-6,9,11H2,1-4H3,(H,18,20). The predicted molar refractivity (Wildman–Crippen MR) is 87.3 cm³/mol. The summed E-state index contributed by atoms with van der Waals surface area (Å²) in [4.78, 5) is 14.4. The third-order valence-corrected chi connectivity index (χ3v) is 4.15. The number of benzene rings is 1. The molecule has 0 spiro atoms. The molecule has 2 N–H and O–H groups in total. The summed E-state index contributed by atoms with van der Waals surface area (Å²) in [6, 6.07) is 5.71. The molecule has 1 atom stereocenters. The summed E-state index contributed by atoms with van der Waals surface area (Å²) in [5.41, 5.74) is 0.954. The van der Waals surface area contributed by atoms with Crippen molar-refractivity contribution in [3.8, 4) is 5.75 Å². The van der Waals surface area contributed by atoms with Gasteiger partial charge in [0.2, 0.25) is 5.91 Å². The van der Waals surface area contributed by atoms with Crippen molar-refractivity contribution in [2.45, 2.75) is 45.3 Å². The molecule has 2 rings (SSSR count). The van der Waals surface area contributed by atoms with E-state index in [1.807, 2.05) is 25.1 Å². The maximum atomic E-state index is 12.3. The summed E-state index contributed by atoms with van der Waals surface area (Å²) in [5, 5.41) is 13.1. The molecule has 1 heterocycles. The van der Waals surface area contributed by atoms with Gasteiger partial charge in [-0.05, 0) is 57.9 Å². The number of aliphatic hydroxyl groups is 1. The summed E-state index contributed by atoms with van der Waals surface area (Å²) < 4.78 is 5.28. The lowest BCUT2D eigenvalue weighted by atomic mass is 9.97. The van der Waals surface area contributed by atoms with Crippen LogP contribution >= 0.6 is 0 Å². The van der Waals surface area contributed by atoms with E-state index < -0.39 is 5.60 Å². The highest BCUT2D eigenvalue weighted by atomic mass is 16.5. The summed E-state index contributed by atoms with van der Waals surface area (Å²) in [7, 11) is 1.59. The van der Waals surface area contributed by atoms with Crippen LogP contribution in [0.5, 0.6) is 5.75 Å². The minimum atomic E-state index is -0.794. The van der Waals surface area contributed by atoms with Crippen molar-refractivity contribution in [1.82, 2.24) is 4.90 Å². The van der Waals surface area contributed by atoms with Crippen LogP contribution in [-0.4, -0.2) is 47.8 Å². The molecule has 0 bridgehead atoms.